The van der Waals surface area contributed by atoms with Gasteiger partial charge in [0.1, 0.15) is 0 Å². The van der Waals surface area contributed by atoms with E-state index in [0.717, 1.165) is 16.7 Å². The van der Waals surface area contributed by atoms with Gasteiger partial charge in [-0.1, -0.05) is 127 Å². The summed E-state index contributed by atoms with van der Waals surface area (Å²) in [5.41, 5.74) is 9.05. The first-order valence-electron chi connectivity index (χ1n) is 14.4. The number of fused-ring (bicyclic) bond motifs is 2. The second-order valence-corrected chi connectivity index (χ2v) is 10.6. The van der Waals surface area contributed by atoms with Gasteiger partial charge in [0.25, 0.3) is 0 Å². The highest BCUT2D eigenvalue weighted by molar-refractivity contribution is 6.21. The summed E-state index contributed by atoms with van der Waals surface area (Å²) in [5.74, 6) is 1.03. The van der Waals surface area contributed by atoms with Crippen LogP contribution in [0.4, 0.5) is 0 Å². The highest BCUT2D eigenvalue weighted by Crippen LogP contribution is 2.44. The van der Waals surface area contributed by atoms with E-state index in [9.17, 15) is 0 Å². The van der Waals surface area contributed by atoms with Crippen LogP contribution < -0.4 is 0 Å². The molecule has 8 rings (SSSR count). The zero-order chi connectivity index (χ0) is 28.6. The van der Waals surface area contributed by atoms with Crippen molar-refractivity contribution in [3.8, 4) is 56.3 Å². The van der Waals surface area contributed by atoms with Crippen LogP contribution in [0.15, 0.2) is 162 Å². The van der Waals surface area contributed by atoms with Crippen molar-refractivity contribution < 1.29 is 4.42 Å². The zero-order valence-electron chi connectivity index (χ0n) is 23.3. The molecule has 8 aromatic rings. The molecule has 0 saturated carbocycles. The molecule has 1 aromatic heterocycles. The van der Waals surface area contributed by atoms with E-state index in [4.69, 9.17) is 4.42 Å². The predicted molar refractivity (Wildman–Crippen MR) is 176 cm³/mol. The molecule has 0 radical (unpaired) electrons. The Kier molecular flexibility index (Phi) is 6.12. The van der Waals surface area contributed by atoms with E-state index in [2.05, 4.69) is 138 Å². The van der Waals surface area contributed by atoms with Crippen molar-refractivity contribution in [2.24, 2.45) is 0 Å². The minimum Gasteiger partial charge on any atom is -0.416 e. The van der Waals surface area contributed by atoms with Crippen LogP contribution in [0, 0.1) is 0 Å². The van der Waals surface area contributed by atoms with Crippen molar-refractivity contribution in [3.05, 3.63) is 158 Å². The fraction of sp³-hybridized carbons (Fsp3) is 0. The first-order chi connectivity index (χ1) is 21.3. The van der Waals surface area contributed by atoms with Gasteiger partial charge in [0.05, 0.1) is 0 Å². The maximum Gasteiger partial charge on any atom is 0.248 e. The number of hydrogen-bond donors (Lipinski definition) is 0. The summed E-state index contributed by atoms with van der Waals surface area (Å²) >= 11 is 0. The lowest BCUT2D eigenvalue weighted by atomic mass is 9.85. The summed E-state index contributed by atoms with van der Waals surface area (Å²) in [5, 5.41) is 13.5. The van der Waals surface area contributed by atoms with Crippen molar-refractivity contribution in [3.63, 3.8) is 0 Å². The molecule has 0 aliphatic carbocycles. The van der Waals surface area contributed by atoms with E-state index in [1.807, 2.05) is 30.3 Å². The highest BCUT2D eigenvalue weighted by atomic mass is 16.4. The van der Waals surface area contributed by atoms with Crippen molar-refractivity contribution in [2.75, 3.05) is 0 Å². The Morgan fingerprint density at radius 1 is 0.302 bits per heavy atom. The van der Waals surface area contributed by atoms with Gasteiger partial charge in [-0.2, -0.15) is 0 Å². The number of nitrogens with zero attached hydrogens (tertiary/aromatic N) is 2. The lowest BCUT2D eigenvalue weighted by molar-refractivity contribution is 0.584. The average Bonchev–Trinajstić information content (AvgIpc) is 3.59. The summed E-state index contributed by atoms with van der Waals surface area (Å²) in [6.45, 7) is 0. The normalized spacial score (nSPS) is 11.3. The Hall–Kier alpha value is -5.80. The van der Waals surface area contributed by atoms with Crippen LogP contribution in [0.3, 0.4) is 0 Å². The lowest BCUT2D eigenvalue weighted by Gasteiger charge is -2.18. The topological polar surface area (TPSA) is 38.9 Å². The van der Waals surface area contributed by atoms with E-state index in [0.29, 0.717) is 11.8 Å². The molecule has 0 amide bonds. The predicted octanol–water partition coefficient (Wildman–Crippen LogP) is 10.7. The smallest absolute Gasteiger partial charge is 0.248 e. The minimum absolute atomic E-state index is 0.508. The molecule has 0 spiro atoms. The molecule has 43 heavy (non-hydrogen) atoms. The third kappa shape index (κ3) is 4.48. The molecule has 0 fully saturated rings. The Morgan fingerprint density at radius 2 is 0.698 bits per heavy atom. The summed E-state index contributed by atoms with van der Waals surface area (Å²) in [4.78, 5) is 0. The maximum atomic E-state index is 6.03. The van der Waals surface area contributed by atoms with E-state index >= 15 is 0 Å². The molecule has 0 saturated heterocycles. The third-order valence-corrected chi connectivity index (χ3v) is 8.06. The minimum atomic E-state index is 0.508. The first kappa shape index (κ1) is 25.0. The van der Waals surface area contributed by atoms with Crippen molar-refractivity contribution in [2.45, 2.75) is 0 Å². The molecule has 7 aromatic carbocycles. The van der Waals surface area contributed by atoms with Crippen LogP contribution in [0.25, 0.3) is 77.8 Å². The molecular formula is C40H26N2O. The van der Waals surface area contributed by atoms with Crippen LogP contribution >= 0.6 is 0 Å². The van der Waals surface area contributed by atoms with Gasteiger partial charge in [0.2, 0.25) is 11.8 Å². The molecule has 0 aliphatic rings. The molecule has 0 unspecified atom stereocenters. The van der Waals surface area contributed by atoms with Crippen molar-refractivity contribution in [1.29, 1.82) is 0 Å². The SMILES string of the molecule is c1ccc(-c2cccc(-c3c4ccccc4c(-c4ccc(-c5nnc(-c6ccccc6)o5)cc4)c4ccccc34)c2)cc1. The number of aromatic nitrogens is 2. The van der Waals surface area contributed by atoms with Crippen molar-refractivity contribution >= 4 is 21.5 Å². The fourth-order valence-electron chi connectivity index (χ4n) is 6.05. The fourth-order valence-corrected chi connectivity index (χ4v) is 6.05. The van der Waals surface area contributed by atoms with Gasteiger partial charge in [-0.25, -0.2) is 0 Å². The second kappa shape index (κ2) is 10.6. The molecule has 3 nitrogen and oxygen atoms in total. The Bertz CT molecular complexity index is 2160. The zero-order valence-corrected chi connectivity index (χ0v) is 23.3. The van der Waals surface area contributed by atoms with Crippen LogP contribution in [0.2, 0.25) is 0 Å². The van der Waals surface area contributed by atoms with Crippen LogP contribution in [-0.2, 0) is 0 Å². The molecule has 202 valence electrons. The maximum absolute atomic E-state index is 6.03. The quantitative estimate of drug-likeness (QED) is 0.200. The number of hydrogen-bond acceptors (Lipinski definition) is 3. The highest BCUT2D eigenvalue weighted by Gasteiger charge is 2.17. The standard InChI is InChI=1S/C40H26N2O/c1-3-12-27(13-4-1)31-16-11-17-32(26-31)38-35-20-9-7-18-33(35)37(34-19-8-10-21-36(34)38)28-22-24-30(25-23-28)40-42-41-39(43-40)29-14-5-2-6-15-29/h1-26H. The van der Waals surface area contributed by atoms with Crippen molar-refractivity contribution in [1.82, 2.24) is 10.2 Å². The van der Waals surface area contributed by atoms with E-state index in [1.165, 1.54) is 49.4 Å². The van der Waals surface area contributed by atoms with E-state index < -0.39 is 0 Å². The Morgan fingerprint density at radius 3 is 1.26 bits per heavy atom. The van der Waals surface area contributed by atoms with Gasteiger partial charge in [-0.05, 0) is 85.3 Å². The molecule has 0 atom stereocenters. The number of benzene rings is 7. The average molecular weight is 551 g/mol. The molecular weight excluding hydrogens is 524 g/mol. The summed E-state index contributed by atoms with van der Waals surface area (Å²) in [7, 11) is 0. The lowest BCUT2D eigenvalue weighted by Crippen LogP contribution is -1.91. The van der Waals surface area contributed by atoms with Gasteiger partial charge >= 0.3 is 0 Å². The summed E-state index contributed by atoms with van der Waals surface area (Å²) < 4.78 is 6.03. The second-order valence-electron chi connectivity index (χ2n) is 10.6. The van der Waals surface area contributed by atoms with Gasteiger partial charge < -0.3 is 4.42 Å². The number of rotatable bonds is 5. The van der Waals surface area contributed by atoms with Gasteiger partial charge in [0, 0.05) is 11.1 Å². The van der Waals surface area contributed by atoms with E-state index in [1.54, 1.807) is 0 Å². The van der Waals surface area contributed by atoms with Gasteiger partial charge in [-0.3, -0.25) is 0 Å². The van der Waals surface area contributed by atoms with E-state index in [-0.39, 0.29) is 0 Å². The molecule has 1 heterocycles. The molecule has 0 aliphatic heterocycles. The van der Waals surface area contributed by atoms with Crippen LogP contribution in [0.5, 0.6) is 0 Å². The largest absolute Gasteiger partial charge is 0.416 e. The first-order valence-corrected chi connectivity index (χ1v) is 14.4. The monoisotopic (exact) mass is 550 g/mol. The summed E-state index contributed by atoms with van der Waals surface area (Å²) in [6, 6.07) is 55.2. The van der Waals surface area contributed by atoms with Gasteiger partial charge in [0.15, 0.2) is 0 Å². The Labute approximate surface area is 249 Å². The van der Waals surface area contributed by atoms with Gasteiger partial charge in [-0.15, -0.1) is 10.2 Å². The Balaban J connectivity index is 1.27. The third-order valence-electron chi connectivity index (χ3n) is 8.06. The summed E-state index contributed by atoms with van der Waals surface area (Å²) in [6.07, 6.45) is 0. The van der Waals surface area contributed by atoms with Crippen LogP contribution in [0.1, 0.15) is 0 Å². The molecule has 0 bridgehead atoms. The molecule has 0 N–H and O–H groups in total. The van der Waals surface area contributed by atoms with Crippen LogP contribution in [-0.4, -0.2) is 10.2 Å². The molecule has 3 heteroatoms.